The number of benzene rings is 1. The van der Waals surface area contributed by atoms with E-state index in [2.05, 4.69) is 0 Å². The van der Waals surface area contributed by atoms with Gasteiger partial charge in [-0.2, -0.15) is 0 Å². The molecule has 0 radical (unpaired) electrons. The molecule has 2 rings (SSSR count). The number of hydrogen-bond acceptors (Lipinski definition) is 2. The van der Waals surface area contributed by atoms with Crippen molar-refractivity contribution in [1.82, 2.24) is 0 Å². The normalized spacial score (nSPS) is 21.1. The first-order valence-corrected chi connectivity index (χ1v) is 5.00. The largest absolute Gasteiger partial charge is 0.374 e. The van der Waals surface area contributed by atoms with Crippen molar-refractivity contribution in [2.45, 2.75) is 25.9 Å². The van der Waals surface area contributed by atoms with Crippen LogP contribution in [0.4, 0.5) is 0 Å². The van der Waals surface area contributed by atoms with Crippen LogP contribution in [0.3, 0.4) is 0 Å². The standard InChI is InChI=1S/C12H14O2/c1-9(13)10-4-6-11(7-5-10)12-3-2-8-14-12/h4-7,12H,2-3,8H2,1H3/t12-/m1/s1. The van der Waals surface area contributed by atoms with Gasteiger partial charge < -0.3 is 4.74 Å². The molecular formula is C12H14O2. The van der Waals surface area contributed by atoms with Crippen LogP contribution in [0, 0.1) is 0 Å². The maximum atomic E-state index is 11.0. The highest BCUT2D eigenvalue weighted by Crippen LogP contribution is 2.28. The molecule has 0 bridgehead atoms. The Morgan fingerprint density at radius 1 is 1.36 bits per heavy atom. The summed E-state index contributed by atoms with van der Waals surface area (Å²) in [5.74, 6) is 0.115. The van der Waals surface area contributed by atoms with Gasteiger partial charge in [0.25, 0.3) is 0 Å². The Kier molecular flexibility index (Phi) is 2.64. The highest BCUT2D eigenvalue weighted by atomic mass is 16.5. The van der Waals surface area contributed by atoms with Crippen LogP contribution in [0.25, 0.3) is 0 Å². The molecule has 1 aromatic carbocycles. The lowest BCUT2D eigenvalue weighted by Gasteiger charge is -2.09. The maximum Gasteiger partial charge on any atom is 0.159 e. The SMILES string of the molecule is CC(=O)c1ccc([C@H]2CCCO2)cc1. The number of Topliss-reactive ketones (excluding diaryl/α,β-unsaturated/α-hetero) is 1. The Bertz CT molecular complexity index is 321. The Balaban J connectivity index is 2.16. The summed E-state index contributed by atoms with van der Waals surface area (Å²) in [5.41, 5.74) is 1.96. The van der Waals surface area contributed by atoms with E-state index in [9.17, 15) is 4.79 Å². The minimum atomic E-state index is 0.115. The number of ketones is 1. The molecule has 2 heteroatoms. The van der Waals surface area contributed by atoms with Crippen molar-refractivity contribution < 1.29 is 9.53 Å². The molecule has 1 aromatic rings. The van der Waals surface area contributed by atoms with Gasteiger partial charge >= 0.3 is 0 Å². The molecule has 0 saturated carbocycles. The monoisotopic (exact) mass is 190 g/mol. The van der Waals surface area contributed by atoms with Crippen molar-refractivity contribution in [3.63, 3.8) is 0 Å². The lowest BCUT2D eigenvalue weighted by atomic mass is 10.0. The predicted octanol–water partition coefficient (Wildman–Crippen LogP) is 2.74. The van der Waals surface area contributed by atoms with Gasteiger partial charge in [0.1, 0.15) is 0 Å². The molecular weight excluding hydrogens is 176 g/mol. The molecule has 0 spiro atoms. The van der Waals surface area contributed by atoms with Crippen LogP contribution in [0.2, 0.25) is 0 Å². The fraction of sp³-hybridized carbons (Fsp3) is 0.417. The highest BCUT2D eigenvalue weighted by Gasteiger charge is 2.17. The second kappa shape index (κ2) is 3.93. The predicted molar refractivity (Wildman–Crippen MR) is 54.4 cm³/mol. The summed E-state index contributed by atoms with van der Waals surface area (Å²) in [6, 6.07) is 7.73. The first-order valence-electron chi connectivity index (χ1n) is 5.00. The second-order valence-electron chi connectivity index (χ2n) is 3.68. The van der Waals surface area contributed by atoms with Gasteiger partial charge in [0, 0.05) is 12.2 Å². The van der Waals surface area contributed by atoms with Crippen molar-refractivity contribution in [3.8, 4) is 0 Å². The summed E-state index contributed by atoms with van der Waals surface area (Å²) in [4.78, 5) is 11.0. The van der Waals surface area contributed by atoms with E-state index in [4.69, 9.17) is 4.74 Å². The van der Waals surface area contributed by atoms with Crippen molar-refractivity contribution in [2.24, 2.45) is 0 Å². The van der Waals surface area contributed by atoms with E-state index in [-0.39, 0.29) is 11.9 Å². The molecule has 0 aliphatic carbocycles. The second-order valence-corrected chi connectivity index (χ2v) is 3.68. The minimum Gasteiger partial charge on any atom is -0.374 e. The lowest BCUT2D eigenvalue weighted by molar-refractivity contribution is 0.101. The van der Waals surface area contributed by atoms with E-state index in [1.807, 2.05) is 24.3 Å². The van der Waals surface area contributed by atoms with E-state index < -0.39 is 0 Å². The average Bonchev–Trinajstić information content (AvgIpc) is 2.71. The molecule has 74 valence electrons. The van der Waals surface area contributed by atoms with Crippen LogP contribution >= 0.6 is 0 Å². The Hall–Kier alpha value is -1.15. The van der Waals surface area contributed by atoms with Crippen LogP contribution in [0.5, 0.6) is 0 Å². The van der Waals surface area contributed by atoms with Gasteiger partial charge in [-0.1, -0.05) is 24.3 Å². The molecule has 0 unspecified atom stereocenters. The molecule has 1 fully saturated rings. The van der Waals surface area contributed by atoms with Gasteiger partial charge in [0.15, 0.2) is 5.78 Å². The third-order valence-corrected chi connectivity index (χ3v) is 2.62. The smallest absolute Gasteiger partial charge is 0.159 e. The Morgan fingerprint density at radius 2 is 2.07 bits per heavy atom. The van der Waals surface area contributed by atoms with Crippen molar-refractivity contribution in [2.75, 3.05) is 6.61 Å². The summed E-state index contributed by atoms with van der Waals surface area (Å²) in [7, 11) is 0. The first-order chi connectivity index (χ1) is 6.77. The summed E-state index contributed by atoms with van der Waals surface area (Å²) < 4.78 is 5.55. The van der Waals surface area contributed by atoms with E-state index in [0.29, 0.717) is 0 Å². The highest BCUT2D eigenvalue weighted by molar-refractivity contribution is 5.94. The van der Waals surface area contributed by atoms with Gasteiger partial charge in [0.05, 0.1) is 6.10 Å². The molecule has 1 heterocycles. The van der Waals surface area contributed by atoms with Crippen molar-refractivity contribution in [3.05, 3.63) is 35.4 Å². The van der Waals surface area contributed by atoms with Crippen molar-refractivity contribution >= 4 is 5.78 Å². The van der Waals surface area contributed by atoms with E-state index in [1.165, 1.54) is 5.56 Å². The minimum absolute atomic E-state index is 0.115. The fourth-order valence-electron chi connectivity index (χ4n) is 1.77. The van der Waals surface area contributed by atoms with Crippen LogP contribution in [-0.2, 0) is 4.74 Å². The molecule has 0 N–H and O–H groups in total. The Labute approximate surface area is 83.9 Å². The molecule has 0 aromatic heterocycles. The summed E-state index contributed by atoms with van der Waals surface area (Å²) >= 11 is 0. The van der Waals surface area contributed by atoms with E-state index in [0.717, 1.165) is 25.0 Å². The number of carbonyl (C=O) groups excluding carboxylic acids is 1. The van der Waals surface area contributed by atoms with Crippen LogP contribution in [-0.4, -0.2) is 12.4 Å². The third kappa shape index (κ3) is 1.85. The zero-order valence-electron chi connectivity index (χ0n) is 8.32. The van der Waals surface area contributed by atoms with Gasteiger partial charge in [0.2, 0.25) is 0 Å². The first kappa shape index (κ1) is 9.41. The number of rotatable bonds is 2. The summed E-state index contributed by atoms with van der Waals surface area (Å²) in [5, 5.41) is 0. The number of carbonyl (C=O) groups is 1. The average molecular weight is 190 g/mol. The molecule has 1 aliphatic rings. The number of ether oxygens (including phenoxy) is 1. The van der Waals surface area contributed by atoms with Gasteiger partial charge in [-0.25, -0.2) is 0 Å². The van der Waals surface area contributed by atoms with Crippen LogP contribution in [0.15, 0.2) is 24.3 Å². The maximum absolute atomic E-state index is 11.0. The quantitative estimate of drug-likeness (QED) is 0.670. The Morgan fingerprint density at radius 3 is 2.57 bits per heavy atom. The third-order valence-electron chi connectivity index (χ3n) is 2.62. The van der Waals surface area contributed by atoms with E-state index in [1.54, 1.807) is 6.92 Å². The summed E-state index contributed by atoms with van der Waals surface area (Å²) in [6.07, 6.45) is 2.48. The van der Waals surface area contributed by atoms with Gasteiger partial charge in [-0.15, -0.1) is 0 Å². The van der Waals surface area contributed by atoms with Crippen LogP contribution < -0.4 is 0 Å². The topological polar surface area (TPSA) is 26.3 Å². The fourth-order valence-corrected chi connectivity index (χ4v) is 1.77. The van der Waals surface area contributed by atoms with Gasteiger partial charge in [-0.3, -0.25) is 4.79 Å². The molecule has 0 amide bonds. The number of hydrogen-bond donors (Lipinski definition) is 0. The zero-order valence-corrected chi connectivity index (χ0v) is 8.32. The summed E-state index contributed by atoms with van der Waals surface area (Å²) in [6.45, 7) is 2.44. The van der Waals surface area contributed by atoms with Gasteiger partial charge in [-0.05, 0) is 25.3 Å². The molecule has 14 heavy (non-hydrogen) atoms. The van der Waals surface area contributed by atoms with Crippen molar-refractivity contribution in [1.29, 1.82) is 0 Å². The zero-order chi connectivity index (χ0) is 9.97. The molecule has 1 aliphatic heterocycles. The molecule has 1 saturated heterocycles. The van der Waals surface area contributed by atoms with Crippen LogP contribution in [0.1, 0.15) is 41.8 Å². The van der Waals surface area contributed by atoms with E-state index >= 15 is 0 Å². The molecule has 2 nitrogen and oxygen atoms in total. The molecule has 1 atom stereocenters. The lowest BCUT2D eigenvalue weighted by Crippen LogP contribution is -1.97.